The number of carbonyl (C=O) groups is 2. The molecule has 2 rings (SSSR count). The van der Waals surface area contributed by atoms with Gasteiger partial charge in [-0.15, -0.1) is 0 Å². The Morgan fingerprint density at radius 1 is 1.22 bits per heavy atom. The molecule has 0 fully saturated rings. The van der Waals surface area contributed by atoms with Gasteiger partial charge in [-0.05, 0) is 23.8 Å². The lowest BCUT2D eigenvalue weighted by Crippen LogP contribution is -2.13. The Labute approximate surface area is 154 Å². The summed E-state index contributed by atoms with van der Waals surface area (Å²) in [5.74, 6) is -1.99. The smallest absolute Gasteiger partial charge is 0.414 e. The molecule has 0 spiro atoms. The zero-order chi connectivity index (χ0) is 19.6. The van der Waals surface area contributed by atoms with Crippen molar-refractivity contribution in [3.8, 4) is 0 Å². The first-order chi connectivity index (χ1) is 13.0. The van der Waals surface area contributed by atoms with E-state index in [4.69, 9.17) is 15.4 Å². The number of ether oxygens (including phenoxy) is 1. The van der Waals surface area contributed by atoms with Crippen LogP contribution < -0.4 is 5.32 Å². The number of hydrogen-bond donors (Lipinski definition) is 2. The van der Waals surface area contributed by atoms with E-state index in [0.717, 1.165) is 11.6 Å². The number of anilines is 1. The van der Waals surface area contributed by atoms with Gasteiger partial charge in [0, 0.05) is 11.3 Å². The molecule has 0 bridgehead atoms. The van der Waals surface area contributed by atoms with Gasteiger partial charge in [0.25, 0.3) is 0 Å². The number of rotatable bonds is 7. The molecule has 138 valence electrons. The number of allylic oxidation sites excluding steroid dienone is 1. The molecule has 27 heavy (non-hydrogen) atoms. The second-order valence-electron chi connectivity index (χ2n) is 5.38. The highest BCUT2D eigenvalue weighted by Crippen LogP contribution is 2.16. The van der Waals surface area contributed by atoms with Crippen molar-refractivity contribution >= 4 is 29.5 Å². The highest BCUT2D eigenvalue weighted by Gasteiger charge is 2.15. The van der Waals surface area contributed by atoms with Crippen molar-refractivity contribution in [2.45, 2.75) is 13.0 Å². The van der Waals surface area contributed by atoms with Crippen molar-refractivity contribution in [3.63, 3.8) is 0 Å². The fourth-order valence-corrected chi connectivity index (χ4v) is 2.09. The molecular weight excluding hydrogens is 353 g/mol. The van der Waals surface area contributed by atoms with Crippen LogP contribution in [0.15, 0.2) is 54.6 Å². The Kier molecular flexibility index (Phi) is 6.99. The zero-order valence-electron chi connectivity index (χ0n) is 14.1. The van der Waals surface area contributed by atoms with Crippen LogP contribution in [-0.2, 0) is 16.1 Å². The summed E-state index contributed by atoms with van der Waals surface area (Å²) in [7, 11) is 0. The van der Waals surface area contributed by atoms with Gasteiger partial charge in [0.2, 0.25) is 0 Å². The molecule has 0 unspecified atom stereocenters. The number of nitrogens with one attached hydrogen (secondary N) is 1. The van der Waals surface area contributed by atoms with Crippen molar-refractivity contribution in [3.05, 3.63) is 77.1 Å². The Morgan fingerprint density at radius 2 is 1.96 bits per heavy atom. The Hall–Kier alpha value is -3.77. The van der Waals surface area contributed by atoms with E-state index in [1.54, 1.807) is 0 Å². The quantitative estimate of drug-likeness (QED) is 0.440. The topological polar surface area (TPSA) is 112 Å². The average Bonchev–Trinajstić information content (AvgIpc) is 2.65. The molecule has 0 aliphatic heterocycles. The number of amides is 1. The van der Waals surface area contributed by atoms with Gasteiger partial charge in [0.15, 0.2) is 0 Å². The Balaban J connectivity index is 1.92. The Morgan fingerprint density at radius 3 is 2.59 bits per heavy atom. The lowest BCUT2D eigenvalue weighted by molar-refractivity contribution is -0.134. The molecule has 0 saturated heterocycles. The van der Waals surface area contributed by atoms with Gasteiger partial charge in [-0.1, -0.05) is 42.5 Å². The van der Waals surface area contributed by atoms with E-state index in [0.29, 0.717) is 0 Å². The van der Waals surface area contributed by atoms with E-state index >= 15 is 0 Å². The van der Waals surface area contributed by atoms with E-state index in [1.165, 1.54) is 24.3 Å². The molecule has 1 amide bonds. The number of halogens is 1. The van der Waals surface area contributed by atoms with Gasteiger partial charge in [-0.3, -0.25) is 5.32 Å². The van der Waals surface area contributed by atoms with E-state index in [2.05, 4.69) is 10.1 Å². The van der Waals surface area contributed by atoms with Crippen LogP contribution in [0.25, 0.3) is 11.6 Å². The monoisotopic (exact) mass is 369 g/mol. The van der Waals surface area contributed by atoms with Crippen LogP contribution in [0.1, 0.15) is 17.5 Å². The van der Waals surface area contributed by atoms with Crippen LogP contribution in [0, 0.1) is 5.82 Å². The van der Waals surface area contributed by atoms with E-state index in [1.807, 2.05) is 30.3 Å². The number of carboxylic acids is 1. The number of carbonyl (C=O) groups excluding carboxylic acids is 1. The number of benzene rings is 2. The predicted molar refractivity (Wildman–Crippen MR) is 96.6 cm³/mol. The molecule has 7 nitrogen and oxygen atoms in total. The summed E-state index contributed by atoms with van der Waals surface area (Å²) in [6, 6.07) is 13.1. The highest BCUT2D eigenvalue weighted by atomic mass is 19.1. The first-order valence-corrected chi connectivity index (χ1v) is 7.87. The van der Waals surface area contributed by atoms with Crippen LogP contribution in [-0.4, -0.2) is 27.7 Å². The lowest BCUT2D eigenvalue weighted by atomic mass is 10.1. The normalized spacial score (nSPS) is 10.3. The second kappa shape index (κ2) is 9.65. The summed E-state index contributed by atoms with van der Waals surface area (Å²) in [6.07, 6.45) is 1.81. The minimum absolute atomic E-state index is 0.0916. The second-order valence-corrected chi connectivity index (χ2v) is 5.38. The fourth-order valence-electron chi connectivity index (χ4n) is 2.09. The van der Waals surface area contributed by atoms with E-state index in [9.17, 15) is 14.0 Å². The first kappa shape index (κ1) is 19.6. The van der Waals surface area contributed by atoms with Gasteiger partial charge < -0.3 is 15.4 Å². The third-order valence-electron chi connectivity index (χ3n) is 3.44. The molecule has 0 aliphatic rings. The molecule has 0 aromatic heterocycles. The summed E-state index contributed by atoms with van der Waals surface area (Å²) in [4.78, 5) is 25.1. The maximum atomic E-state index is 14.1. The van der Waals surface area contributed by atoms with Gasteiger partial charge >= 0.3 is 17.8 Å². The summed E-state index contributed by atoms with van der Waals surface area (Å²) in [5, 5.41) is 11.1. The maximum Gasteiger partial charge on any atom is 0.414 e. The van der Waals surface area contributed by atoms with Crippen molar-refractivity contribution in [2.75, 3.05) is 5.32 Å². The van der Waals surface area contributed by atoms with Crippen LogP contribution in [0.2, 0.25) is 0 Å². The summed E-state index contributed by atoms with van der Waals surface area (Å²) >= 11 is 0. The summed E-state index contributed by atoms with van der Waals surface area (Å²) < 4.78 is 19.1. The number of hydrogen-bond acceptors (Lipinski definition) is 3. The third-order valence-corrected chi connectivity index (χ3v) is 3.44. The molecule has 0 atom stereocenters. The van der Waals surface area contributed by atoms with Crippen molar-refractivity contribution in [2.24, 2.45) is 0 Å². The predicted octanol–water partition coefficient (Wildman–Crippen LogP) is 3.73. The van der Waals surface area contributed by atoms with Crippen molar-refractivity contribution in [1.82, 2.24) is 0 Å². The Bertz CT molecular complexity index is 906. The van der Waals surface area contributed by atoms with Gasteiger partial charge in [0.1, 0.15) is 12.4 Å². The van der Waals surface area contributed by atoms with Crippen LogP contribution in [0.4, 0.5) is 14.9 Å². The average molecular weight is 369 g/mol. The molecular formula is C19H16FN3O4. The maximum absolute atomic E-state index is 14.1. The third kappa shape index (κ3) is 6.22. The van der Waals surface area contributed by atoms with Gasteiger partial charge in [0.05, 0.1) is 6.42 Å². The summed E-state index contributed by atoms with van der Waals surface area (Å²) in [6.45, 7) is 0.0916. The standard InChI is InChI=1S/C19H16FN3O4/c20-16-11-15(22-19(26)27-12-13-5-2-1-3-6-13)10-9-14(16)7-4-8-17(23-21)18(24)25/h1-7,9-11H,8,12H2,(H,22,26)(H,24,25). The molecule has 0 heterocycles. The highest BCUT2D eigenvalue weighted by molar-refractivity contribution is 6.33. The number of aliphatic carboxylic acids is 1. The molecule has 2 N–H and O–H groups in total. The van der Waals surface area contributed by atoms with Gasteiger partial charge in [-0.2, -0.15) is 4.79 Å². The van der Waals surface area contributed by atoms with E-state index < -0.39 is 23.6 Å². The zero-order valence-corrected chi connectivity index (χ0v) is 14.1. The molecule has 2 aromatic rings. The van der Waals surface area contributed by atoms with Crippen LogP contribution in [0.5, 0.6) is 0 Å². The lowest BCUT2D eigenvalue weighted by Gasteiger charge is -2.08. The minimum Gasteiger partial charge on any atom is -0.473 e. The van der Waals surface area contributed by atoms with Crippen molar-refractivity contribution < 1.29 is 28.6 Å². The molecule has 0 aliphatic carbocycles. The number of nitrogens with zero attached hydrogens (tertiary/aromatic N) is 2. The largest absolute Gasteiger partial charge is 0.473 e. The van der Waals surface area contributed by atoms with E-state index in [-0.39, 0.29) is 24.3 Å². The van der Waals surface area contributed by atoms with Gasteiger partial charge in [-0.25, -0.2) is 14.0 Å². The van der Waals surface area contributed by atoms with Crippen molar-refractivity contribution in [1.29, 1.82) is 0 Å². The molecule has 0 saturated carbocycles. The SMILES string of the molecule is [N-]=[N+]=C(CC=Cc1ccc(NC(=O)OCc2ccccc2)cc1F)C(=O)O. The number of carboxylic acid groups (broad SMARTS) is 1. The summed E-state index contributed by atoms with van der Waals surface area (Å²) in [5.41, 5.74) is 9.29. The molecule has 8 heteroatoms. The molecule has 2 aromatic carbocycles. The fraction of sp³-hybridized carbons (Fsp3) is 0.105. The minimum atomic E-state index is -1.36. The molecule has 0 radical (unpaired) electrons. The first-order valence-electron chi connectivity index (χ1n) is 7.87. The van der Waals surface area contributed by atoms with Crippen LogP contribution in [0.3, 0.4) is 0 Å². The van der Waals surface area contributed by atoms with Crippen LogP contribution >= 0.6 is 0 Å².